The van der Waals surface area contributed by atoms with Crippen molar-refractivity contribution in [2.24, 2.45) is 11.3 Å². The highest BCUT2D eigenvalue weighted by atomic mass is 16.4. The molecule has 2 atom stereocenters. The Kier molecular flexibility index (Phi) is 3.81. The maximum atomic E-state index is 11.3. The van der Waals surface area contributed by atoms with Gasteiger partial charge in [-0.25, -0.2) is 0 Å². The second kappa shape index (κ2) is 4.89. The number of carboxylic acid groups (broad SMARTS) is 1. The first-order valence-corrected chi connectivity index (χ1v) is 5.32. The second-order valence-electron chi connectivity index (χ2n) is 4.11. The summed E-state index contributed by atoms with van der Waals surface area (Å²) in [7, 11) is 0. The van der Waals surface area contributed by atoms with E-state index >= 15 is 0 Å². The van der Waals surface area contributed by atoms with Crippen molar-refractivity contribution in [3.8, 4) is 24.7 Å². The number of rotatable bonds is 3. The number of carboxylic acids is 1. The van der Waals surface area contributed by atoms with E-state index in [-0.39, 0.29) is 5.92 Å². The molecule has 0 aromatic heterocycles. The zero-order chi connectivity index (χ0) is 11.3. The molecule has 80 valence electrons. The summed E-state index contributed by atoms with van der Waals surface area (Å²) in [5, 5.41) is 9.26. The molecule has 1 fully saturated rings. The van der Waals surface area contributed by atoms with Gasteiger partial charge in [0.2, 0.25) is 0 Å². The Bertz CT molecular complexity index is 318. The molecule has 1 aliphatic carbocycles. The third-order valence-corrected chi connectivity index (χ3v) is 3.35. The van der Waals surface area contributed by atoms with E-state index in [1.807, 2.05) is 0 Å². The molecule has 1 N–H and O–H groups in total. The van der Waals surface area contributed by atoms with Crippen LogP contribution in [0.5, 0.6) is 0 Å². The van der Waals surface area contributed by atoms with Gasteiger partial charge in [-0.2, -0.15) is 0 Å². The van der Waals surface area contributed by atoms with Gasteiger partial charge in [0, 0.05) is 6.42 Å². The van der Waals surface area contributed by atoms with Crippen LogP contribution in [0.15, 0.2) is 0 Å². The summed E-state index contributed by atoms with van der Waals surface area (Å²) >= 11 is 0. The Labute approximate surface area is 91.1 Å². The summed E-state index contributed by atoms with van der Waals surface area (Å²) in [6.07, 6.45) is 15.4. The monoisotopic (exact) mass is 204 g/mol. The fraction of sp³-hybridized carbons (Fsp3) is 0.615. The third-order valence-electron chi connectivity index (χ3n) is 3.35. The summed E-state index contributed by atoms with van der Waals surface area (Å²) < 4.78 is 0. The van der Waals surface area contributed by atoms with Crippen LogP contribution in [0.1, 0.15) is 38.5 Å². The Morgan fingerprint density at radius 3 is 2.73 bits per heavy atom. The molecule has 1 aliphatic rings. The molecular formula is C13H16O2. The predicted molar refractivity (Wildman–Crippen MR) is 58.9 cm³/mol. The average Bonchev–Trinajstić information content (AvgIpc) is 2.26. The maximum absolute atomic E-state index is 11.3. The number of hydrogen-bond donors (Lipinski definition) is 1. The van der Waals surface area contributed by atoms with Crippen LogP contribution in [0.2, 0.25) is 0 Å². The van der Waals surface area contributed by atoms with E-state index in [4.69, 9.17) is 12.8 Å². The van der Waals surface area contributed by atoms with E-state index in [9.17, 15) is 9.90 Å². The lowest BCUT2D eigenvalue weighted by atomic mass is 9.65. The summed E-state index contributed by atoms with van der Waals surface area (Å²) in [6.45, 7) is 0. The molecule has 0 heterocycles. The highest BCUT2D eigenvalue weighted by Crippen LogP contribution is 2.43. The molecule has 1 saturated carbocycles. The Hall–Kier alpha value is -1.41. The lowest BCUT2D eigenvalue weighted by molar-refractivity contribution is -0.150. The number of carbonyl (C=O) groups is 1. The lowest BCUT2D eigenvalue weighted by Crippen LogP contribution is -2.39. The van der Waals surface area contributed by atoms with Gasteiger partial charge < -0.3 is 5.11 Å². The molecule has 2 nitrogen and oxygen atoms in total. The first kappa shape index (κ1) is 11.7. The van der Waals surface area contributed by atoms with Crippen molar-refractivity contribution < 1.29 is 9.90 Å². The molecule has 0 saturated heterocycles. The highest BCUT2D eigenvalue weighted by Gasteiger charge is 2.45. The van der Waals surface area contributed by atoms with Crippen LogP contribution in [0.3, 0.4) is 0 Å². The summed E-state index contributed by atoms with van der Waals surface area (Å²) in [6, 6.07) is 0. The van der Waals surface area contributed by atoms with Crippen LogP contribution in [-0.2, 0) is 4.79 Å². The van der Waals surface area contributed by atoms with Gasteiger partial charge in [-0.1, -0.05) is 18.8 Å². The number of terminal acetylenes is 2. The lowest BCUT2D eigenvalue weighted by Gasteiger charge is -2.36. The maximum Gasteiger partial charge on any atom is 0.322 e. The number of hydrogen-bond acceptors (Lipinski definition) is 1. The van der Waals surface area contributed by atoms with Crippen molar-refractivity contribution in [2.75, 3.05) is 0 Å². The van der Waals surface area contributed by atoms with Gasteiger partial charge in [-0.05, 0) is 25.2 Å². The smallest absolute Gasteiger partial charge is 0.322 e. The molecule has 15 heavy (non-hydrogen) atoms. The van der Waals surface area contributed by atoms with Crippen molar-refractivity contribution >= 4 is 5.97 Å². The minimum Gasteiger partial charge on any atom is -0.480 e. The predicted octanol–water partition coefficient (Wildman–Crippen LogP) is 2.29. The average molecular weight is 204 g/mol. The normalized spacial score (nSPS) is 30.1. The summed E-state index contributed by atoms with van der Waals surface area (Å²) in [5.41, 5.74) is -0.963. The van der Waals surface area contributed by atoms with Crippen molar-refractivity contribution in [2.45, 2.75) is 38.5 Å². The largest absolute Gasteiger partial charge is 0.480 e. The van der Waals surface area contributed by atoms with Crippen LogP contribution in [0.4, 0.5) is 0 Å². The highest BCUT2D eigenvalue weighted by molar-refractivity contribution is 5.79. The standard InChI is InChI=1S/C13H16O2/c1-3-5-8-11-9-6-7-10-13(11,4-2)12(14)15/h1-2,11H,5-10H2,(H,14,15)/t11-,13+/m0/s1. The molecule has 0 aromatic carbocycles. The van der Waals surface area contributed by atoms with E-state index < -0.39 is 11.4 Å². The summed E-state index contributed by atoms with van der Waals surface area (Å²) in [4.78, 5) is 11.3. The van der Waals surface area contributed by atoms with Crippen molar-refractivity contribution in [1.29, 1.82) is 0 Å². The molecule has 1 rings (SSSR count). The molecule has 0 bridgehead atoms. The van der Waals surface area contributed by atoms with Crippen LogP contribution in [0.25, 0.3) is 0 Å². The van der Waals surface area contributed by atoms with Gasteiger partial charge in [-0.3, -0.25) is 4.79 Å². The van der Waals surface area contributed by atoms with Gasteiger partial charge >= 0.3 is 5.97 Å². The Morgan fingerprint density at radius 1 is 1.47 bits per heavy atom. The molecular weight excluding hydrogens is 188 g/mol. The second-order valence-corrected chi connectivity index (χ2v) is 4.11. The zero-order valence-electron chi connectivity index (χ0n) is 8.83. The Balaban J connectivity index is 2.85. The molecule has 0 spiro atoms. The van der Waals surface area contributed by atoms with E-state index in [1.54, 1.807) is 0 Å². The van der Waals surface area contributed by atoms with Gasteiger partial charge in [0.25, 0.3) is 0 Å². The third kappa shape index (κ3) is 2.16. The molecule has 0 radical (unpaired) electrons. The van der Waals surface area contributed by atoms with Crippen LogP contribution in [0, 0.1) is 36.0 Å². The van der Waals surface area contributed by atoms with Crippen LogP contribution < -0.4 is 0 Å². The summed E-state index contributed by atoms with van der Waals surface area (Å²) in [5.74, 6) is 4.25. The van der Waals surface area contributed by atoms with Gasteiger partial charge in [0.05, 0.1) is 0 Å². The fourth-order valence-corrected chi connectivity index (χ4v) is 2.43. The van der Waals surface area contributed by atoms with E-state index in [1.165, 1.54) is 0 Å². The minimum atomic E-state index is -0.963. The van der Waals surface area contributed by atoms with E-state index in [2.05, 4.69) is 11.8 Å². The molecule has 0 aromatic rings. The molecule has 0 unspecified atom stereocenters. The van der Waals surface area contributed by atoms with Crippen molar-refractivity contribution in [3.63, 3.8) is 0 Å². The van der Waals surface area contributed by atoms with Crippen LogP contribution in [-0.4, -0.2) is 11.1 Å². The van der Waals surface area contributed by atoms with Gasteiger partial charge in [0.1, 0.15) is 5.41 Å². The zero-order valence-corrected chi connectivity index (χ0v) is 8.83. The first-order chi connectivity index (χ1) is 7.17. The van der Waals surface area contributed by atoms with Gasteiger partial charge in [-0.15, -0.1) is 18.8 Å². The van der Waals surface area contributed by atoms with E-state index in [0.29, 0.717) is 12.8 Å². The topological polar surface area (TPSA) is 37.3 Å². The van der Waals surface area contributed by atoms with Gasteiger partial charge in [0.15, 0.2) is 0 Å². The van der Waals surface area contributed by atoms with E-state index in [0.717, 1.165) is 25.7 Å². The fourth-order valence-electron chi connectivity index (χ4n) is 2.43. The van der Waals surface area contributed by atoms with Crippen molar-refractivity contribution in [1.82, 2.24) is 0 Å². The minimum absolute atomic E-state index is 0.0461. The number of aliphatic carboxylic acids is 1. The molecule has 2 heteroatoms. The van der Waals surface area contributed by atoms with Crippen molar-refractivity contribution in [3.05, 3.63) is 0 Å². The molecule has 0 amide bonds. The first-order valence-electron chi connectivity index (χ1n) is 5.32. The quantitative estimate of drug-likeness (QED) is 0.716. The van der Waals surface area contributed by atoms with Crippen LogP contribution >= 0.6 is 0 Å². The Morgan fingerprint density at radius 2 is 2.20 bits per heavy atom. The SMILES string of the molecule is C#CCC[C@H]1CCCC[C@@]1(C#C)C(=O)O. The molecule has 0 aliphatic heterocycles.